The van der Waals surface area contributed by atoms with Crippen LogP contribution in [0.3, 0.4) is 0 Å². The van der Waals surface area contributed by atoms with Crippen LogP contribution in [-0.2, 0) is 15.4 Å². The molecule has 0 fully saturated rings. The van der Waals surface area contributed by atoms with Crippen molar-refractivity contribution in [3.8, 4) is 17.2 Å². The summed E-state index contributed by atoms with van der Waals surface area (Å²) in [5, 5.41) is 2.87. The fraction of sp³-hybridized carbons (Fsp3) is 0.350. The number of fused-ring (bicyclic) bond motifs is 1. The number of carbonyl (C=O) groups is 1. The van der Waals surface area contributed by atoms with E-state index in [0.29, 0.717) is 18.0 Å². The van der Waals surface area contributed by atoms with Crippen LogP contribution in [0.15, 0.2) is 41.3 Å². The van der Waals surface area contributed by atoms with Gasteiger partial charge < -0.3 is 19.5 Å². The van der Waals surface area contributed by atoms with Gasteiger partial charge in [-0.05, 0) is 42.9 Å². The van der Waals surface area contributed by atoms with Gasteiger partial charge in [0.25, 0.3) is 5.91 Å². The number of nitrogens with one attached hydrogen (secondary N) is 2. The molecule has 0 atom stereocenters. The summed E-state index contributed by atoms with van der Waals surface area (Å²) in [6.07, 6.45) is 0. The van der Waals surface area contributed by atoms with E-state index >= 15 is 0 Å². The van der Waals surface area contributed by atoms with Crippen LogP contribution in [0.1, 0.15) is 29.8 Å². The molecule has 1 heterocycles. The first-order chi connectivity index (χ1) is 13.7. The monoisotopic (exact) mass is 420 g/mol. The molecule has 3 rings (SSSR count). The van der Waals surface area contributed by atoms with E-state index in [-0.39, 0.29) is 34.3 Å². The lowest BCUT2D eigenvalue weighted by Crippen LogP contribution is -2.36. The zero-order valence-corrected chi connectivity index (χ0v) is 17.6. The highest BCUT2D eigenvalue weighted by atomic mass is 32.2. The lowest BCUT2D eigenvalue weighted by atomic mass is 9.84. The minimum absolute atomic E-state index is 0.0924. The number of amides is 1. The molecule has 0 unspecified atom stereocenters. The number of ether oxygens (including phenoxy) is 3. The molecule has 8 nitrogen and oxygen atoms in total. The number of benzene rings is 2. The molecule has 0 spiro atoms. The van der Waals surface area contributed by atoms with Gasteiger partial charge in [-0.3, -0.25) is 4.79 Å². The highest BCUT2D eigenvalue weighted by Gasteiger charge is 2.26. The molecule has 0 radical (unpaired) electrons. The molecule has 2 aromatic carbocycles. The van der Waals surface area contributed by atoms with Crippen LogP contribution >= 0.6 is 0 Å². The van der Waals surface area contributed by atoms with Crippen molar-refractivity contribution in [1.82, 2.24) is 10.0 Å². The van der Waals surface area contributed by atoms with Gasteiger partial charge in [-0.2, -0.15) is 0 Å². The van der Waals surface area contributed by atoms with E-state index in [1.165, 1.54) is 32.4 Å². The summed E-state index contributed by atoms with van der Waals surface area (Å²) in [6.45, 7) is 4.53. The van der Waals surface area contributed by atoms with Crippen LogP contribution < -0.4 is 24.2 Å². The summed E-state index contributed by atoms with van der Waals surface area (Å²) >= 11 is 0. The third-order valence-electron chi connectivity index (χ3n) is 4.83. The Morgan fingerprint density at radius 3 is 2.55 bits per heavy atom. The number of sulfonamides is 1. The molecule has 0 saturated carbocycles. The van der Waals surface area contributed by atoms with Gasteiger partial charge in [-0.25, -0.2) is 13.1 Å². The fourth-order valence-corrected chi connectivity index (χ4v) is 3.88. The predicted molar refractivity (Wildman–Crippen MR) is 107 cm³/mol. The zero-order chi connectivity index (χ0) is 21.2. The van der Waals surface area contributed by atoms with E-state index in [4.69, 9.17) is 14.2 Å². The minimum atomic E-state index is -3.77. The molecule has 1 amide bonds. The second-order valence-corrected chi connectivity index (χ2v) is 9.06. The van der Waals surface area contributed by atoms with Gasteiger partial charge in [0.2, 0.25) is 16.8 Å². The Bertz CT molecular complexity index is 1030. The van der Waals surface area contributed by atoms with Crippen molar-refractivity contribution in [2.24, 2.45) is 0 Å². The molecule has 156 valence electrons. The maximum absolute atomic E-state index is 12.7. The van der Waals surface area contributed by atoms with Crippen molar-refractivity contribution >= 4 is 15.9 Å². The predicted octanol–water partition coefficient (Wildman–Crippen LogP) is 2.04. The van der Waals surface area contributed by atoms with Crippen molar-refractivity contribution in [2.75, 3.05) is 27.5 Å². The first-order valence-electron chi connectivity index (χ1n) is 8.98. The summed E-state index contributed by atoms with van der Waals surface area (Å²) in [5.41, 5.74) is 0.819. The number of hydrogen-bond donors (Lipinski definition) is 2. The normalized spacial score (nSPS) is 13.2. The van der Waals surface area contributed by atoms with E-state index in [2.05, 4.69) is 10.0 Å². The lowest BCUT2D eigenvalue weighted by Gasteiger charge is -2.26. The first kappa shape index (κ1) is 20.9. The van der Waals surface area contributed by atoms with E-state index in [1.807, 2.05) is 32.0 Å². The molecule has 0 aromatic heterocycles. The lowest BCUT2D eigenvalue weighted by molar-refractivity contribution is 0.0945. The van der Waals surface area contributed by atoms with E-state index in [0.717, 1.165) is 5.56 Å². The van der Waals surface area contributed by atoms with E-state index in [1.54, 1.807) is 0 Å². The van der Waals surface area contributed by atoms with Crippen molar-refractivity contribution in [1.29, 1.82) is 0 Å². The topological polar surface area (TPSA) is 103 Å². The summed E-state index contributed by atoms with van der Waals surface area (Å²) in [4.78, 5) is 12.6. The molecule has 2 aromatic rings. The van der Waals surface area contributed by atoms with E-state index in [9.17, 15) is 13.2 Å². The number of rotatable bonds is 7. The maximum atomic E-state index is 12.7. The highest BCUT2D eigenvalue weighted by molar-refractivity contribution is 7.89. The molecule has 9 heteroatoms. The number of hydrogen-bond acceptors (Lipinski definition) is 6. The highest BCUT2D eigenvalue weighted by Crippen LogP contribution is 2.36. The Balaban J connectivity index is 1.77. The van der Waals surface area contributed by atoms with Crippen molar-refractivity contribution in [2.45, 2.75) is 24.2 Å². The Morgan fingerprint density at radius 2 is 1.86 bits per heavy atom. The van der Waals surface area contributed by atoms with Gasteiger partial charge in [0.05, 0.1) is 7.11 Å². The smallest absolute Gasteiger partial charge is 0.251 e. The van der Waals surface area contributed by atoms with Crippen molar-refractivity contribution in [3.63, 3.8) is 0 Å². The van der Waals surface area contributed by atoms with Gasteiger partial charge in [0, 0.05) is 17.5 Å². The number of methoxy groups -OCH3 is 1. The summed E-state index contributed by atoms with van der Waals surface area (Å²) in [7, 11) is -1.10. The van der Waals surface area contributed by atoms with Crippen molar-refractivity contribution in [3.05, 3.63) is 47.5 Å². The second-order valence-electron chi connectivity index (χ2n) is 7.21. The molecule has 29 heavy (non-hydrogen) atoms. The third-order valence-corrected chi connectivity index (χ3v) is 6.26. The van der Waals surface area contributed by atoms with Gasteiger partial charge in [-0.15, -0.1) is 0 Å². The van der Waals surface area contributed by atoms with Crippen LogP contribution in [0.5, 0.6) is 17.2 Å². The van der Waals surface area contributed by atoms with Gasteiger partial charge in [0.1, 0.15) is 10.6 Å². The average Bonchev–Trinajstić information content (AvgIpc) is 3.19. The van der Waals surface area contributed by atoms with Crippen LogP contribution in [0.25, 0.3) is 0 Å². The molecular formula is C20H24N2O6S. The SMILES string of the molecule is CNS(=O)(=O)c1cc(C(=O)NCC(C)(C)c2ccc3c(c2)OCO3)ccc1OC. The average molecular weight is 420 g/mol. The van der Waals surface area contributed by atoms with Crippen molar-refractivity contribution < 1.29 is 27.4 Å². The van der Waals surface area contributed by atoms with Gasteiger partial charge in [0.15, 0.2) is 11.5 Å². The van der Waals surface area contributed by atoms with Gasteiger partial charge in [-0.1, -0.05) is 19.9 Å². The molecule has 0 bridgehead atoms. The Labute approximate surface area is 170 Å². The summed E-state index contributed by atoms with van der Waals surface area (Å²) in [6, 6.07) is 9.97. The molecule has 2 N–H and O–H groups in total. The standard InChI is InChI=1S/C20H24N2O6S/c1-20(2,14-6-8-15-17(10-14)28-12-27-15)11-22-19(23)13-5-7-16(26-4)18(9-13)29(24,25)21-3/h5-10,21H,11-12H2,1-4H3,(H,22,23). The summed E-state index contributed by atoms with van der Waals surface area (Å²) < 4.78 is 42.5. The zero-order valence-electron chi connectivity index (χ0n) is 16.7. The Kier molecular flexibility index (Phi) is 5.72. The van der Waals surface area contributed by atoms with Crippen LogP contribution in [-0.4, -0.2) is 41.8 Å². The fourth-order valence-electron chi connectivity index (χ4n) is 2.96. The van der Waals surface area contributed by atoms with Gasteiger partial charge >= 0.3 is 0 Å². The Hall–Kier alpha value is -2.78. The largest absolute Gasteiger partial charge is 0.495 e. The van der Waals surface area contributed by atoms with Crippen LogP contribution in [0.4, 0.5) is 0 Å². The van der Waals surface area contributed by atoms with Crippen LogP contribution in [0, 0.1) is 0 Å². The maximum Gasteiger partial charge on any atom is 0.251 e. The quantitative estimate of drug-likeness (QED) is 0.711. The Morgan fingerprint density at radius 1 is 1.14 bits per heavy atom. The first-order valence-corrected chi connectivity index (χ1v) is 10.5. The minimum Gasteiger partial charge on any atom is -0.495 e. The summed E-state index contributed by atoms with van der Waals surface area (Å²) in [5.74, 6) is 1.16. The molecule has 0 saturated heterocycles. The molecule has 1 aliphatic heterocycles. The third kappa shape index (κ3) is 4.30. The second kappa shape index (κ2) is 7.92. The molecule has 0 aliphatic carbocycles. The number of carbonyl (C=O) groups excluding carboxylic acids is 1. The van der Waals surface area contributed by atoms with E-state index < -0.39 is 10.0 Å². The van der Waals surface area contributed by atoms with Crippen LogP contribution in [0.2, 0.25) is 0 Å². The molecular weight excluding hydrogens is 396 g/mol. The molecule has 1 aliphatic rings.